The fourth-order valence-electron chi connectivity index (χ4n) is 2.81. The fourth-order valence-corrected chi connectivity index (χ4v) is 3.11. The lowest BCUT2D eigenvalue weighted by Gasteiger charge is -2.04. The maximum absolute atomic E-state index is 12.5. The average molecular weight is 338 g/mol. The minimum Gasteiger partial charge on any atom is -0.291 e. The van der Waals surface area contributed by atoms with E-state index in [4.69, 9.17) is 23.2 Å². The van der Waals surface area contributed by atoms with Crippen molar-refractivity contribution in [1.29, 1.82) is 5.26 Å². The van der Waals surface area contributed by atoms with E-state index in [1.54, 1.807) is 18.2 Å². The summed E-state index contributed by atoms with van der Waals surface area (Å²) in [6, 6.07) is 6.74. The summed E-state index contributed by atoms with van der Waals surface area (Å²) in [6.07, 6.45) is 0. The number of rotatable bonds is 4. The molecule has 116 valence electrons. The monoisotopic (exact) mass is 337 g/mol. The van der Waals surface area contributed by atoms with Crippen molar-refractivity contribution in [2.24, 2.45) is 21.8 Å². The molecule has 1 fully saturated rings. The normalized spacial score (nSPS) is 19.4. The van der Waals surface area contributed by atoms with E-state index in [0.29, 0.717) is 15.7 Å². The van der Waals surface area contributed by atoms with Gasteiger partial charge in [-0.1, -0.05) is 50.9 Å². The Balaban J connectivity index is 2.17. The molecule has 0 bridgehead atoms. The molecule has 0 atom stereocenters. The van der Waals surface area contributed by atoms with Crippen LogP contribution in [0.5, 0.6) is 0 Å². The van der Waals surface area contributed by atoms with E-state index < -0.39 is 0 Å². The van der Waals surface area contributed by atoms with Gasteiger partial charge in [-0.05, 0) is 29.0 Å². The Labute approximate surface area is 140 Å². The van der Waals surface area contributed by atoms with Gasteiger partial charge >= 0.3 is 0 Å². The summed E-state index contributed by atoms with van der Waals surface area (Å²) in [6.45, 7) is 8.10. The highest BCUT2D eigenvalue weighted by Crippen LogP contribution is 2.68. The van der Waals surface area contributed by atoms with Crippen LogP contribution in [0.2, 0.25) is 10.0 Å². The van der Waals surface area contributed by atoms with Crippen molar-refractivity contribution in [2.75, 3.05) is 5.43 Å². The molecule has 0 spiro atoms. The molecule has 0 saturated heterocycles. The van der Waals surface area contributed by atoms with Crippen molar-refractivity contribution in [3.63, 3.8) is 0 Å². The first-order chi connectivity index (χ1) is 10.1. The van der Waals surface area contributed by atoms with E-state index in [2.05, 4.69) is 10.5 Å². The molecule has 4 nitrogen and oxygen atoms in total. The zero-order valence-corrected chi connectivity index (χ0v) is 14.4. The minimum absolute atomic E-state index is 0.130. The van der Waals surface area contributed by atoms with E-state index in [9.17, 15) is 10.1 Å². The quantitative estimate of drug-likeness (QED) is 0.648. The van der Waals surface area contributed by atoms with Crippen LogP contribution in [-0.4, -0.2) is 11.5 Å². The highest BCUT2D eigenvalue weighted by Gasteiger charge is 2.68. The number of carbonyl (C=O) groups is 1. The zero-order chi connectivity index (χ0) is 16.7. The molecular formula is C16H17Cl2N3O. The fraction of sp³-hybridized carbons (Fsp3) is 0.438. The lowest BCUT2D eigenvalue weighted by atomic mass is 10.0. The van der Waals surface area contributed by atoms with Gasteiger partial charge in [0.25, 0.3) is 0 Å². The summed E-state index contributed by atoms with van der Waals surface area (Å²) in [5.41, 5.74) is 2.85. The molecule has 2 rings (SSSR count). The molecule has 1 saturated carbocycles. The maximum atomic E-state index is 12.5. The van der Waals surface area contributed by atoms with Crippen molar-refractivity contribution in [1.82, 2.24) is 0 Å². The number of anilines is 1. The lowest BCUT2D eigenvalue weighted by Crippen LogP contribution is -2.19. The van der Waals surface area contributed by atoms with Gasteiger partial charge in [-0.15, -0.1) is 0 Å². The first-order valence-electron chi connectivity index (χ1n) is 6.86. The molecule has 22 heavy (non-hydrogen) atoms. The van der Waals surface area contributed by atoms with Crippen LogP contribution < -0.4 is 5.43 Å². The molecule has 1 aliphatic carbocycles. The smallest absolute Gasteiger partial charge is 0.203 e. The molecule has 1 aromatic carbocycles. The highest BCUT2D eigenvalue weighted by molar-refractivity contribution is 6.47. The molecular weight excluding hydrogens is 321 g/mol. The van der Waals surface area contributed by atoms with Gasteiger partial charge in [-0.3, -0.25) is 10.2 Å². The van der Waals surface area contributed by atoms with Gasteiger partial charge in [0.2, 0.25) is 5.71 Å². The Bertz CT molecular complexity index is 688. The summed E-state index contributed by atoms with van der Waals surface area (Å²) in [5, 5.41) is 13.9. The van der Waals surface area contributed by atoms with E-state index in [1.807, 2.05) is 33.8 Å². The standard InChI is InChI=1S/C16H17Cl2N3O/c1-15(2)14(16(15,3)4)13(22)12(8-19)21-20-9-5-6-10(17)11(18)7-9/h5-7,14,20H,1-4H3/b21-12+. The van der Waals surface area contributed by atoms with Crippen molar-refractivity contribution in [3.05, 3.63) is 28.2 Å². The van der Waals surface area contributed by atoms with Gasteiger partial charge in [0.1, 0.15) is 6.07 Å². The molecule has 1 aliphatic rings. The molecule has 0 unspecified atom stereocenters. The van der Waals surface area contributed by atoms with Crippen LogP contribution in [0.3, 0.4) is 0 Å². The van der Waals surface area contributed by atoms with Crippen LogP contribution in [-0.2, 0) is 4.79 Å². The number of benzene rings is 1. The summed E-state index contributed by atoms with van der Waals surface area (Å²) in [7, 11) is 0. The Hall–Kier alpha value is -1.57. The molecule has 0 aliphatic heterocycles. The number of hydrogen-bond donors (Lipinski definition) is 1. The third-order valence-corrected chi connectivity index (χ3v) is 5.58. The van der Waals surface area contributed by atoms with Gasteiger partial charge < -0.3 is 0 Å². The third kappa shape index (κ3) is 2.71. The number of ketones is 1. The number of hydrogen-bond acceptors (Lipinski definition) is 4. The van der Waals surface area contributed by atoms with Gasteiger partial charge in [0.05, 0.1) is 15.7 Å². The third-order valence-electron chi connectivity index (χ3n) is 4.84. The van der Waals surface area contributed by atoms with Crippen molar-refractivity contribution in [2.45, 2.75) is 27.7 Å². The first-order valence-corrected chi connectivity index (χ1v) is 7.61. The largest absolute Gasteiger partial charge is 0.291 e. The van der Waals surface area contributed by atoms with Crippen LogP contribution in [0.4, 0.5) is 5.69 Å². The Morgan fingerprint density at radius 2 is 1.82 bits per heavy atom. The average Bonchev–Trinajstić information content (AvgIpc) is 2.84. The topological polar surface area (TPSA) is 65.2 Å². The molecule has 0 heterocycles. The number of Topliss-reactive ketones (excluding diaryl/α,β-unsaturated/α-hetero) is 1. The Morgan fingerprint density at radius 1 is 1.23 bits per heavy atom. The molecule has 0 amide bonds. The summed E-state index contributed by atoms with van der Waals surface area (Å²) in [4.78, 5) is 12.5. The Morgan fingerprint density at radius 3 is 2.27 bits per heavy atom. The summed E-state index contributed by atoms with van der Waals surface area (Å²) in [5.74, 6) is -0.431. The number of hydrazone groups is 1. The van der Waals surface area contributed by atoms with Crippen LogP contribution in [0.25, 0.3) is 0 Å². The first kappa shape index (κ1) is 16.8. The number of halogens is 2. The number of carbonyl (C=O) groups excluding carboxylic acids is 1. The molecule has 6 heteroatoms. The predicted molar refractivity (Wildman–Crippen MR) is 89.2 cm³/mol. The van der Waals surface area contributed by atoms with E-state index in [1.165, 1.54) is 0 Å². The SMILES string of the molecule is CC1(C)C(C(=O)/C(C#N)=N/Nc2ccc(Cl)c(Cl)c2)C1(C)C. The lowest BCUT2D eigenvalue weighted by molar-refractivity contribution is -0.115. The highest BCUT2D eigenvalue weighted by atomic mass is 35.5. The van der Waals surface area contributed by atoms with Crippen molar-refractivity contribution >= 4 is 40.4 Å². The molecule has 0 aromatic heterocycles. The zero-order valence-electron chi connectivity index (χ0n) is 12.9. The van der Waals surface area contributed by atoms with E-state index >= 15 is 0 Å². The van der Waals surface area contributed by atoms with Crippen LogP contribution in [0.15, 0.2) is 23.3 Å². The van der Waals surface area contributed by atoms with Gasteiger partial charge in [0, 0.05) is 5.92 Å². The van der Waals surface area contributed by atoms with Crippen molar-refractivity contribution in [3.8, 4) is 6.07 Å². The number of nitriles is 1. The second-order valence-electron chi connectivity index (χ2n) is 6.55. The van der Waals surface area contributed by atoms with Crippen LogP contribution in [0, 0.1) is 28.1 Å². The van der Waals surface area contributed by atoms with Gasteiger partial charge in [0.15, 0.2) is 5.78 Å². The summed E-state index contributed by atoms with van der Waals surface area (Å²) < 4.78 is 0. The Kier molecular flexibility index (Phi) is 4.25. The van der Waals surface area contributed by atoms with E-state index in [-0.39, 0.29) is 28.2 Å². The molecule has 0 radical (unpaired) electrons. The van der Waals surface area contributed by atoms with Crippen LogP contribution >= 0.6 is 23.2 Å². The van der Waals surface area contributed by atoms with Crippen molar-refractivity contribution < 1.29 is 4.79 Å². The maximum Gasteiger partial charge on any atom is 0.203 e. The number of nitrogens with one attached hydrogen (secondary N) is 1. The minimum atomic E-state index is -0.231. The van der Waals surface area contributed by atoms with E-state index in [0.717, 1.165) is 0 Å². The summed E-state index contributed by atoms with van der Waals surface area (Å²) >= 11 is 11.7. The second-order valence-corrected chi connectivity index (χ2v) is 7.37. The second kappa shape index (κ2) is 5.57. The van der Waals surface area contributed by atoms with Gasteiger partial charge in [-0.2, -0.15) is 10.4 Å². The molecule has 1 N–H and O–H groups in total. The van der Waals surface area contributed by atoms with Gasteiger partial charge in [-0.25, -0.2) is 0 Å². The van der Waals surface area contributed by atoms with Crippen LogP contribution in [0.1, 0.15) is 27.7 Å². The predicted octanol–water partition coefficient (Wildman–Crippen LogP) is 4.54. The number of nitrogens with zero attached hydrogens (tertiary/aromatic N) is 2. The molecule has 1 aromatic rings.